The number of carboxylic acid groups (broad SMARTS) is 1. The summed E-state index contributed by atoms with van der Waals surface area (Å²) in [7, 11) is 0. The van der Waals surface area contributed by atoms with E-state index in [4.69, 9.17) is 5.73 Å². The van der Waals surface area contributed by atoms with E-state index < -0.39 is 11.9 Å². The van der Waals surface area contributed by atoms with Gasteiger partial charge in [0, 0.05) is 17.4 Å². The molecule has 0 aromatic heterocycles. The van der Waals surface area contributed by atoms with Gasteiger partial charge in [0.2, 0.25) is 0 Å². The summed E-state index contributed by atoms with van der Waals surface area (Å²) in [6.07, 6.45) is 4.42. The zero-order valence-corrected chi connectivity index (χ0v) is 14.3. The average molecular weight is 341 g/mol. The zero-order valence-electron chi connectivity index (χ0n) is 14.3. The first-order valence-corrected chi connectivity index (χ1v) is 8.78. The summed E-state index contributed by atoms with van der Waals surface area (Å²) in [5, 5.41) is 22.4. The molecule has 1 heterocycles. The first-order valence-electron chi connectivity index (χ1n) is 8.78. The maximum atomic E-state index is 11.8. The van der Waals surface area contributed by atoms with Crippen molar-refractivity contribution in [2.24, 2.45) is 11.1 Å². The van der Waals surface area contributed by atoms with Crippen molar-refractivity contribution < 1.29 is 14.7 Å². The van der Waals surface area contributed by atoms with E-state index in [9.17, 15) is 20.0 Å². The zero-order chi connectivity index (χ0) is 18.2. The largest absolute Gasteiger partial charge is 0.481 e. The summed E-state index contributed by atoms with van der Waals surface area (Å²) in [4.78, 5) is 23.4. The fourth-order valence-electron chi connectivity index (χ4n) is 4.97. The van der Waals surface area contributed by atoms with E-state index in [1.165, 1.54) is 0 Å². The van der Waals surface area contributed by atoms with Crippen LogP contribution in [0.4, 0.5) is 5.69 Å². The standard InChI is InChI=1S/C19H23N3O3/c1-2-7-19(9-14(23)24)8-3-4-12-15-11(10-20)5-6-13(18(21)25)16(15)22-17(12)19/h5-6,12,17,22H,2-4,7-9H2,1H3,(H2,21,25)(H,23,24). The van der Waals surface area contributed by atoms with Gasteiger partial charge in [0.15, 0.2) is 0 Å². The Bertz CT molecular complexity index is 764. The van der Waals surface area contributed by atoms with Gasteiger partial charge in [-0.15, -0.1) is 0 Å². The van der Waals surface area contributed by atoms with E-state index in [1.807, 2.05) is 0 Å². The number of anilines is 1. The molecule has 0 radical (unpaired) electrons. The molecule has 6 heteroatoms. The van der Waals surface area contributed by atoms with Gasteiger partial charge in [-0.2, -0.15) is 5.26 Å². The Balaban J connectivity index is 2.12. The van der Waals surface area contributed by atoms with Crippen LogP contribution in [0.1, 0.15) is 72.9 Å². The lowest BCUT2D eigenvalue weighted by Crippen LogP contribution is -2.46. The van der Waals surface area contributed by atoms with Gasteiger partial charge >= 0.3 is 5.97 Å². The highest BCUT2D eigenvalue weighted by Gasteiger charge is 2.51. The van der Waals surface area contributed by atoms with Gasteiger partial charge in [-0.25, -0.2) is 0 Å². The molecule has 2 aliphatic rings. The quantitative estimate of drug-likeness (QED) is 0.761. The maximum Gasteiger partial charge on any atom is 0.303 e. The third-order valence-electron chi connectivity index (χ3n) is 5.81. The minimum atomic E-state index is -0.803. The van der Waals surface area contributed by atoms with E-state index in [1.54, 1.807) is 12.1 Å². The number of nitrogens with zero attached hydrogens (tertiary/aromatic N) is 1. The van der Waals surface area contributed by atoms with Gasteiger partial charge in [-0.3, -0.25) is 9.59 Å². The molecular weight excluding hydrogens is 318 g/mol. The molecule has 0 saturated heterocycles. The number of rotatable bonds is 5. The molecule has 1 saturated carbocycles. The Labute approximate surface area is 147 Å². The molecule has 4 N–H and O–H groups in total. The number of primary amides is 1. The first-order chi connectivity index (χ1) is 11.9. The Hall–Kier alpha value is -2.55. The van der Waals surface area contributed by atoms with Crippen molar-refractivity contribution in [2.75, 3.05) is 5.32 Å². The van der Waals surface area contributed by atoms with Crippen LogP contribution in [0.25, 0.3) is 0 Å². The number of carbonyl (C=O) groups is 2. The van der Waals surface area contributed by atoms with Crippen LogP contribution in [0, 0.1) is 16.7 Å². The number of fused-ring (bicyclic) bond motifs is 3. The van der Waals surface area contributed by atoms with Gasteiger partial charge < -0.3 is 16.2 Å². The molecule has 1 aliphatic heterocycles. The molecule has 132 valence electrons. The van der Waals surface area contributed by atoms with Gasteiger partial charge in [0.05, 0.1) is 29.3 Å². The molecule has 0 bridgehead atoms. The van der Waals surface area contributed by atoms with Crippen LogP contribution in [-0.4, -0.2) is 23.0 Å². The minimum Gasteiger partial charge on any atom is -0.481 e. The predicted octanol–water partition coefficient (Wildman–Crippen LogP) is 2.98. The molecule has 3 unspecified atom stereocenters. The molecule has 1 aromatic carbocycles. The highest BCUT2D eigenvalue weighted by atomic mass is 16.4. The summed E-state index contributed by atoms with van der Waals surface area (Å²) in [6.45, 7) is 2.06. The minimum absolute atomic E-state index is 0.0450. The van der Waals surface area contributed by atoms with E-state index in [2.05, 4.69) is 18.3 Å². The average Bonchev–Trinajstić information content (AvgIpc) is 2.95. The molecular formula is C19H23N3O3. The second-order valence-electron chi connectivity index (χ2n) is 7.23. The third kappa shape index (κ3) is 2.74. The Kier molecular flexibility index (Phi) is 4.42. The van der Waals surface area contributed by atoms with Crippen molar-refractivity contribution in [3.8, 4) is 6.07 Å². The number of nitriles is 1. The van der Waals surface area contributed by atoms with Gasteiger partial charge in [0.25, 0.3) is 5.91 Å². The van der Waals surface area contributed by atoms with Gasteiger partial charge in [-0.1, -0.05) is 19.8 Å². The summed E-state index contributed by atoms with van der Waals surface area (Å²) < 4.78 is 0. The fraction of sp³-hybridized carbons (Fsp3) is 0.526. The number of aliphatic carboxylic acids is 1. The number of hydrogen-bond acceptors (Lipinski definition) is 4. The Morgan fingerprint density at radius 2 is 2.24 bits per heavy atom. The number of carbonyl (C=O) groups excluding carboxylic acids is 1. The highest BCUT2D eigenvalue weighted by Crippen LogP contribution is 2.56. The van der Waals surface area contributed by atoms with Gasteiger partial charge in [-0.05, 0) is 37.0 Å². The van der Waals surface area contributed by atoms with Crippen LogP contribution < -0.4 is 11.1 Å². The maximum absolute atomic E-state index is 11.8. The van der Waals surface area contributed by atoms with Crippen LogP contribution in [0.15, 0.2) is 12.1 Å². The number of amides is 1. The SMILES string of the molecule is CCCC1(CC(=O)O)CCCC2c3c(C#N)ccc(C(N)=O)c3NC21. The second kappa shape index (κ2) is 6.40. The van der Waals surface area contributed by atoms with Crippen molar-refractivity contribution >= 4 is 17.6 Å². The Morgan fingerprint density at radius 3 is 2.84 bits per heavy atom. The van der Waals surface area contributed by atoms with Crippen molar-refractivity contribution in [1.29, 1.82) is 5.26 Å². The molecule has 6 nitrogen and oxygen atoms in total. The number of hydrogen-bond donors (Lipinski definition) is 3. The Morgan fingerprint density at radius 1 is 1.48 bits per heavy atom. The summed E-state index contributed by atoms with van der Waals surface area (Å²) in [5.41, 5.74) is 7.55. The molecule has 3 rings (SSSR count). The fourth-order valence-corrected chi connectivity index (χ4v) is 4.97. The highest BCUT2D eigenvalue weighted by molar-refractivity contribution is 6.00. The first kappa shape index (κ1) is 17.3. The summed E-state index contributed by atoms with van der Waals surface area (Å²) >= 11 is 0. The van der Waals surface area contributed by atoms with Gasteiger partial charge in [0.1, 0.15) is 0 Å². The molecule has 1 fully saturated rings. The van der Waals surface area contributed by atoms with Crippen LogP contribution in [0.2, 0.25) is 0 Å². The van der Waals surface area contributed by atoms with Crippen molar-refractivity contribution in [2.45, 2.75) is 57.4 Å². The smallest absolute Gasteiger partial charge is 0.303 e. The van der Waals surface area contributed by atoms with Crippen LogP contribution >= 0.6 is 0 Å². The number of carboxylic acids is 1. The van der Waals surface area contributed by atoms with Crippen molar-refractivity contribution in [3.63, 3.8) is 0 Å². The summed E-state index contributed by atoms with van der Waals surface area (Å²) in [6, 6.07) is 5.37. The van der Waals surface area contributed by atoms with E-state index in [0.29, 0.717) is 16.8 Å². The van der Waals surface area contributed by atoms with Crippen molar-refractivity contribution in [3.05, 3.63) is 28.8 Å². The molecule has 1 aromatic rings. The molecule has 0 spiro atoms. The molecule has 1 amide bonds. The third-order valence-corrected chi connectivity index (χ3v) is 5.81. The lowest BCUT2D eigenvalue weighted by atomic mass is 9.61. The van der Waals surface area contributed by atoms with Crippen molar-refractivity contribution in [1.82, 2.24) is 0 Å². The lowest BCUT2D eigenvalue weighted by molar-refractivity contribution is -0.140. The van der Waals surface area contributed by atoms with Crippen LogP contribution in [0.5, 0.6) is 0 Å². The van der Waals surface area contributed by atoms with Crippen LogP contribution in [-0.2, 0) is 4.79 Å². The van der Waals surface area contributed by atoms with E-state index >= 15 is 0 Å². The van der Waals surface area contributed by atoms with Crippen LogP contribution in [0.3, 0.4) is 0 Å². The normalized spacial score (nSPS) is 26.9. The second-order valence-corrected chi connectivity index (χ2v) is 7.23. The number of benzene rings is 1. The predicted molar refractivity (Wildman–Crippen MR) is 93.3 cm³/mol. The topological polar surface area (TPSA) is 116 Å². The summed E-state index contributed by atoms with van der Waals surface area (Å²) in [5.74, 6) is -1.29. The number of nitrogens with two attached hydrogens (primary N) is 1. The molecule has 3 atom stereocenters. The van der Waals surface area contributed by atoms with E-state index in [0.717, 1.165) is 37.7 Å². The monoisotopic (exact) mass is 341 g/mol. The van der Waals surface area contributed by atoms with E-state index in [-0.39, 0.29) is 23.8 Å². The number of nitrogens with one attached hydrogen (secondary N) is 1. The lowest BCUT2D eigenvalue weighted by Gasteiger charge is -2.45. The molecule has 25 heavy (non-hydrogen) atoms. The molecule has 1 aliphatic carbocycles.